The van der Waals surface area contributed by atoms with Crippen molar-refractivity contribution < 1.29 is 18.7 Å². The van der Waals surface area contributed by atoms with Crippen LogP contribution in [0.1, 0.15) is 43.0 Å². The number of carbonyl (C=O) groups is 1. The third-order valence-electron chi connectivity index (χ3n) is 4.41. The summed E-state index contributed by atoms with van der Waals surface area (Å²) >= 11 is 0. The summed E-state index contributed by atoms with van der Waals surface area (Å²) in [7, 11) is 0. The molecule has 5 nitrogen and oxygen atoms in total. The minimum absolute atomic E-state index is 0.154. The van der Waals surface area contributed by atoms with Crippen molar-refractivity contribution in [2.45, 2.75) is 44.5 Å². The van der Waals surface area contributed by atoms with E-state index in [9.17, 15) is 9.18 Å². The van der Waals surface area contributed by atoms with E-state index >= 15 is 0 Å². The first kappa shape index (κ1) is 15.4. The molecule has 1 aliphatic carbocycles. The van der Waals surface area contributed by atoms with Crippen LogP contribution in [-0.4, -0.2) is 35.9 Å². The number of carbonyl (C=O) groups excluding carboxylic acids is 1. The Kier molecular flexibility index (Phi) is 4.40. The lowest BCUT2D eigenvalue weighted by molar-refractivity contribution is -0.191. The number of amides is 1. The van der Waals surface area contributed by atoms with Crippen LogP contribution < -0.4 is 5.32 Å². The molecule has 6 heteroatoms. The Morgan fingerprint density at radius 1 is 1.45 bits per heavy atom. The van der Waals surface area contributed by atoms with Crippen LogP contribution in [0, 0.1) is 11.7 Å². The molecule has 22 heavy (non-hydrogen) atoms. The molecule has 3 rings (SSSR count). The number of hydrogen-bond donors (Lipinski definition) is 1. The van der Waals surface area contributed by atoms with Crippen LogP contribution >= 0.6 is 0 Å². The van der Waals surface area contributed by atoms with E-state index in [1.807, 2.05) is 0 Å². The zero-order valence-electron chi connectivity index (χ0n) is 12.7. The molecule has 1 spiro atoms. The first-order valence-electron chi connectivity index (χ1n) is 7.77. The SMILES string of the molecule is CC1CCC2(CC1)OC[C@@H](CNC(=O)c1cncc(F)c1)O2. The van der Waals surface area contributed by atoms with E-state index in [0.29, 0.717) is 13.2 Å². The molecule has 2 heterocycles. The first-order valence-corrected chi connectivity index (χ1v) is 7.77. The Bertz CT molecular complexity index is 544. The molecule has 0 bridgehead atoms. The number of aromatic nitrogens is 1. The van der Waals surface area contributed by atoms with E-state index in [1.165, 1.54) is 12.3 Å². The van der Waals surface area contributed by atoms with Gasteiger partial charge in [0, 0.05) is 25.6 Å². The first-order chi connectivity index (χ1) is 10.6. The van der Waals surface area contributed by atoms with Gasteiger partial charge in [-0.2, -0.15) is 0 Å². The predicted octanol–water partition coefficient (Wildman–Crippen LogP) is 2.27. The summed E-state index contributed by atoms with van der Waals surface area (Å²) in [5, 5.41) is 2.75. The average molecular weight is 308 g/mol. The molecule has 0 radical (unpaired) electrons. The zero-order chi connectivity index (χ0) is 15.6. The van der Waals surface area contributed by atoms with Crippen LogP contribution in [0.3, 0.4) is 0 Å². The highest BCUT2D eigenvalue weighted by atomic mass is 19.1. The second-order valence-corrected chi connectivity index (χ2v) is 6.25. The van der Waals surface area contributed by atoms with Gasteiger partial charge in [-0.25, -0.2) is 4.39 Å². The molecule has 120 valence electrons. The van der Waals surface area contributed by atoms with E-state index in [-0.39, 0.29) is 17.6 Å². The normalized spacial score (nSPS) is 31.4. The van der Waals surface area contributed by atoms with Crippen LogP contribution in [0.2, 0.25) is 0 Å². The molecule has 0 aromatic carbocycles. The maximum atomic E-state index is 13.1. The summed E-state index contributed by atoms with van der Waals surface area (Å²) in [6.45, 7) is 3.08. The lowest BCUT2D eigenvalue weighted by Gasteiger charge is -2.34. The third kappa shape index (κ3) is 3.44. The van der Waals surface area contributed by atoms with Crippen molar-refractivity contribution in [3.8, 4) is 0 Å². The van der Waals surface area contributed by atoms with Gasteiger partial charge in [0.1, 0.15) is 11.9 Å². The highest BCUT2D eigenvalue weighted by Crippen LogP contribution is 2.39. The molecule has 1 N–H and O–H groups in total. The summed E-state index contributed by atoms with van der Waals surface area (Å²) in [4.78, 5) is 15.6. The lowest BCUT2D eigenvalue weighted by atomic mass is 9.86. The zero-order valence-corrected chi connectivity index (χ0v) is 12.7. The standard InChI is InChI=1S/C16H21FN2O3/c1-11-2-4-16(5-3-11)21-10-14(22-16)9-19-15(20)12-6-13(17)8-18-7-12/h6-8,11,14H,2-5,9-10H2,1H3,(H,19,20)/t11?,14-,16?/m1/s1. The van der Waals surface area contributed by atoms with Gasteiger partial charge in [-0.1, -0.05) is 6.92 Å². The molecule has 1 saturated carbocycles. The fraction of sp³-hybridized carbons (Fsp3) is 0.625. The summed E-state index contributed by atoms with van der Waals surface area (Å²) in [6.07, 6.45) is 6.28. The molecule has 1 saturated heterocycles. The van der Waals surface area contributed by atoms with Crippen LogP contribution in [0.25, 0.3) is 0 Å². The van der Waals surface area contributed by atoms with E-state index < -0.39 is 11.6 Å². The summed E-state index contributed by atoms with van der Waals surface area (Å²) in [6, 6.07) is 1.17. The monoisotopic (exact) mass is 308 g/mol. The number of halogens is 1. The topological polar surface area (TPSA) is 60.5 Å². The van der Waals surface area contributed by atoms with Gasteiger partial charge in [-0.3, -0.25) is 9.78 Å². The average Bonchev–Trinajstić information content (AvgIpc) is 2.91. The molecule has 1 aromatic rings. The number of nitrogens with one attached hydrogen (secondary N) is 1. The van der Waals surface area contributed by atoms with Gasteiger partial charge in [-0.05, 0) is 24.8 Å². The fourth-order valence-corrected chi connectivity index (χ4v) is 3.03. The summed E-state index contributed by atoms with van der Waals surface area (Å²) in [5.74, 6) is -0.614. The quantitative estimate of drug-likeness (QED) is 0.930. The van der Waals surface area contributed by atoms with Gasteiger partial charge in [0.2, 0.25) is 0 Å². The van der Waals surface area contributed by atoms with Crippen molar-refractivity contribution in [2.75, 3.05) is 13.2 Å². The van der Waals surface area contributed by atoms with E-state index in [0.717, 1.165) is 37.8 Å². The number of rotatable bonds is 3. The van der Waals surface area contributed by atoms with E-state index in [1.54, 1.807) is 0 Å². The summed E-state index contributed by atoms with van der Waals surface area (Å²) in [5.41, 5.74) is 0.208. The number of nitrogens with zero attached hydrogens (tertiary/aromatic N) is 1. The molecule has 1 aliphatic heterocycles. The molecule has 2 aliphatic rings. The smallest absolute Gasteiger partial charge is 0.253 e. The van der Waals surface area contributed by atoms with Crippen LogP contribution in [0.4, 0.5) is 4.39 Å². The van der Waals surface area contributed by atoms with Crippen molar-refractivity contribution in [3.63, 3.8) is 0 Å². The number of hydrogen-bond acceptors (Lipinski definition) is 4. The van der Waals surface area contributed by atoms with Gasteiger partial charge >= 0.3 is 0 Å². The van der Waals surface area contributed by atoms with E-state index in [4.69, 9.17) is 9.47 Å². The summed E-state index contributed by atoms with van der Waals surface area (Å²) < 4.78 is 24.9. The Hall–Kier alpha value is -1.53. The molecular weight excluding hydrogens is 287 g/mol. The maximum absolute atomic E-state index is 13.1. The molecule has 0 unspecified atom stereocenters. The van der Waals surface area contributed by atoms with Crippen molar-refractivity contribution in [2.24, 2.45) is 5.92 Å². The van der Waals surface area contributed by atoms with Gasteiger partial charge < -0.3 is 14.8 Å². The molecule has 2 fully saturated rings. The van der Waals surface area contributed by atoms with Crippen molar-refractivity contribution in [1.82, 2.24) is 10.3 Å². The van der Waals surface area contributed by atoms with Gasteiger partial charge in [0.05, 0.1) is 18.4 Å². The van der Waals surface area contributed by atoms with Crippen molar-refractivity contribution >= 4 is 5.91 Å². The Labute approximate surface area is 129 Å². The Morgan fingerprint density at radius 3 is 2.95 bits per heavy atom. The molecule has 1 amide bonds. The van der Waals surface area contributed by atoms with Gasteiger partial charge in [-0.15, -0.1) is 0 Å². The number of ether oxygens (including phenoxy) is 2. The maximum Gasteiger partial charge on any atom is 0.253 e. The molecular formula is C16H21FN2O3. The fourth-order valence-electron chi connectivity index (χ4n) is 3.03. The van der Waals surface area contributed by atoms with E-state index in [2.05, 4.69) is 17.2 Å². The predicted molar refractivity (Wildman–Crippen MR) is 77.7 cm³/mol. The minimum Gasteiger partial charge on any atom is -0.349 e. The Morgan fingerprint density at radius 2 is 2.23 bits per heavy atom. The highest BCUT2D eigenvalue weighted by Gasteiger charge is 2.43. The third-order valence-corrected chi connectivity index (χ3v) is 4.41. The Balaban J connectivity index is 1.50. The highest BCUT2D eigenvalue weighted by molar-refractivity contribution is 5.93. The number of pyridine rings is 1. The lowest BCUT2D eigenvalue weighted by Crippen LogP contribution is -2.38. The molecule has 1 aromatic heterocycles. The largest absolute Gasteiger partial charge is 0.349 e. The van der Waals surface area contributed by atoms with Gasteiger partial charge in [0.15, 0.2) is 5.79 Å². The van der Waals surface area contributed by atoms with Crippen LogP contribution in [0.15, 0.2) is 18.5 Å². The molecule has 1 atom stereocenters. The second-order valence-electron chi connectivity index (χ2n) is 6.25. The minimum atomic E-state index is -0.525. The van der Waals surface area contributed by atoms with Crippen LogP contribution in [-0.2, 0) is 9.47 Å². The van der Waals surface area contributed by atoms with Crippen molar-refractivity contribution in [3.05, 3.63) is 29.8 Å². The van der Waals surface area contributed by atoms with Crippen LogP contribution in [0.5, 0.6) is 0 Å². The van der Waals surface area contributed by atoms with Crippen molar-refractivity contribution in [1.29, 1.82) is 0 Å². The second kappa shape index (κ2) is 6.30. The van der Waals surface area contributed by atoms with Gasteiger partial charge in [0.25, 0.3) is 5.91 Å².